The second kappa shape index (κ2) is 5.46. The summed E-state index contributed by atoms with van der Waals surface area (Å²) >= 11 is 1.33. The van der Waals surface area contributed by atoms with E-state index in [2.05, 4.69) is 0 Å². The average molecular weight is 299 g/mol. The first kappa shape index (κ1) is 13.5. The van der Waals surface area contributed by atoms with Gasteiger partial charge in [0.15, 0.2) is 0 Å². The number of anilines is 1. The summed E-state index contributed by atoms with van der Waals surface area (Å²) in [7, 11) is 1.58. The number of hydrogen-bond acceptors (Lipinski definition) is 5. The Morgan fingerprint density at radius 2 is 1.71 bits per heavy atom. The zero-order valence-electron chi connectivity index (χ0n) is 11.3. The van der Waals surface area contributed by atoms with Crippen LogP contribution in [-0.4, -0.2) is 13.1 Å². The van der Waals surface area contributed by atoms with Crippen molar-refractivity contribution in [3.05, 3.63) is 53.4 Å². The molecule has 2 aromatic carbocycles. The second-order valence-corrected chi connectivity index (χ2v) is 5.46. The van der Waals surface area contributed by atoms with Crippen LogP contribution < -0.4 is 15.2 Å². The number of benzene rings is 2. The first-order chi connectivity index (χ1) is 10.2. The number of nitrogens with two attached hydrogens (primary N) is 1. The second-order valence-electron chi connectivity index (χ2n) is 4.41. The standard InChI is InChI=1S/C16H13NO3S/c1-19-10-6-8-11(9-7-10)20-16(18)15-14(17)12-4-2-3-5-13(12)21-15/h2-9H,17H2,1H3. The lowest BCUT2D eigenvalue weighted by Gasteiger charge is -2.04. The van der Waals surface area contributed by atoms with Crippen LogP contribution in [0, 0.1) is 0 Å². The molecule has 0 aliphatic heterocycles. The molecule has 2 N–H and O–H groups in total. The molecule has 0 bridgehead atoms. The summed E-state index contributed by atoms with van der Waals surface area (Å²) in [5, 5.41) is 0.879. The van der Waals surface area contributed by atoms with Crippen molar-refractivity contribution in [3.63, 3.8) is 0 Å². The molecule has 5 heteroatoms. The van der Waals surface area contributed by atoms with Crippen LogP contribution in [0.3, 0.4) is 0 Å². The molecule has 1 heterocycles. The SMILES string of the molecule is COc1ccc(OC(=O)c2sc3ccccc3c2N)cc1. The van der Waals surface area contributed by atoms with Crippen molar-refractivity contribution in [1.82, 2.24) is 0 Å². The van der Waals surface area contributed by atoms with Gasteiger partial charge in [-0.1, -0.05) is 18.2 Å². The summed E-state index contributed by atoms with van der Waals surface area (Å²) in [5.74, 6) is 0.715. The molecule has 0 spiro atoms. The van der Waals surface area contributed by atoms with E-state index in [-0.39, 0.29) is 0 Å². The van der Waals surface area contributed by atoms with E-state index in [0.29, 0.717) is 22.1 Å². The van der Waals surface area contributed by atoms with Crippen LogP contribution >= 0.6 is 11.3 Å². The van der Waals surface area contributed by atoms with Crippen molar-refractivity contribution < 1.29 is 14.3 Å². The topological polar surface area (TPSA) is 61.5 Å². The highest BCUT2D eigenvalue weighted by atomic mass is 32.1. The number of fused-ring (bicyclic) bond motifs is 1. The Morgan fingerprint density at radius 3 is 2.38 bits per heavy atom. The van der Waals surface area contributed by atoms with E-state index >= 15 is 0 Å². The predicted octanol–water partition coefficient (Wildman–Crippen LogP) is 3.71. The number of nitrogen functional groups attached to an aromatic ring is 1. The fraction of sp³-hybridized carbons (Fsp3) is 0.0625. The van der Waals surface area contributed by atoms with E-state index in [9.17, 15) is 4.79 Å². The molecule has 4 nitrogen and oxygen atoms in total. The summed E-state index contributed by atoms with van der Waals surface area (Å²) in [6.45, 7) is 0. The number of carbonyl (C=O) groups is 1. The first-order valence-corrected chi connectivity index (χ1v) is 7.14. The number of ether oxygens (including phenoxy) is 2. The molecule has 1 aromatic heterocycles. The van der Waals surface area contributed by atoms with E-state index in [0.717, 1.165) is 10.1 Å². The minimum absolute atomic E-state index is 0.423. The lowest BCUT2D eigenvalue weighted by atomic mass is 10.2. The highest BCUT2D eigenvalue weighted by molar-refractivity contribution is 7.21. The third-order valence-electron chi connectivity index (χ3n) is 3.09. The van der Waals surface area contributed by atoms with Crippen molar-refractivity contribution in [2.75, 3.05) is 12.8 Å². The molecule has 0 aliphatic carbocycles. The Kier molecular flexibility index (Phi) is 3.50. The molecule has 3 aromatic rings. The first-order valence-electron chi connectivity index (χ1n) is 6.32. The smallest absolute Gasteiger partial charge is 0.355 e. The van der Waals surface area contributed by atoms with Crippen molar-refractivity contribution >= 4 is 33.1 Å². The molecule has 0 unspecified atom stereocenters. The molecular formula is C16H13NO3S. The maximum atomic E-state index is 12.2. The molecule has 0 aliphatic rings. The molecule has 21 heavy (non-hydrogen) atoms. The maximum Gasteiger partial charge on any atom is 0.355 e. The molecular weight excluding hydrogens is 286 g/mol. The van der Waals surface area contributed by atoms with Gasteiger partial charge in [-0.2, -0.15) is 0 Å². The van der Waals surface area contributed by atoms with Gasteiger partial charge in [0.05, 0.1) is 12.8 Å². The van der Waals surface area contributed by atoms with E-state index in [4.69, 9.17) is 15.2 Å². The van der Waals surface area contributed by atoms with E-state index in [1.807, 2.05) is 24.3 Å². The molecule has 106 valence electrons. The zero-order chi connectivity index (χ0) is 14.8. The van der Waals surface area contributed by atoms with Crippen LogP contribution in [0.25, 0.3) is 10.1 Å². The average Bonchev–Trinajstić information content (AvgIpc) is 2.86. The van der Waals surface area contributed by atoms with Gasteiger partial charge in [0.2, 0.25) is 0 Å². The largest absolute Gasteiger partial charge is 0.497 e. The Bertz CT molecular complexity index is 793. The van der Waals surface area contributed by atoms with Crippen molar-refractivity contribution in [2.45, 2.75) is 0 Å². The van der Waals surface area contributed by atoms with Gasteiger partial charge < -0.3 is 15.2 Å². The van der Waals surface area contributed by atoms with Crippen LogP contribution in [0.15, 0.2) is 48.5 Å². The summed E-state index contributed by atoms with van der Waals surface area (Å²) in [6, 6.07) is 14.5. The Labute approximate surface area is 125 Å². The van der Waals surface area contributed by atoms with E-state index in [1.165, 1.54) is 11.3 Å². The summed E-state index contributed by atoms with van der Waals surface area (Å²) in [4.78, 5) is 12.7. The van der Waals surface area contributed by atoms with Crippen LogP contribution in [0.4, 0.5) is 5.69 Å². The van der Waals surface area contributed by atoms with Crippen LogP contribution in [0.1, 0.15) is 9.67 Å². The maximum absolute atomic E-state index is 12.2. The number of methoxy groups -OCH3 is 1. The third-order valence-corrected chi connectivity index (χ3v) is 4.26. The Balaban J connectivity index is 1.87. The van der Waals surface area contributed by atoms with E-state index in [1.54, 1.807) is 31.4 Å². The van der Waals surface area contributed by atoms with Gasteiger partial charge in [-0.3, -0.25) is 0 Å². The Morgan fingerprint density at radius 1 is 1.05 bits per heavy atom. The zero-order valence-corrected chi connectivity index (χ0v) is 12.1. The number of rotatable bonds is 3. The van der Waals surface area contributed by atoms with Crippen molar-refractivity contribution in [2.24, 2.45) is 0 Å². The molecule has 0 amide bonds. The molecule has 0 saturated carbocycles. The van der Waals surface area contributed by atoms with Gasteiger partial charge in [0, 0.05) is 10.1 Å². The highest BCUT2D eigenvalue weighted by Gasteiger charge is 2.18. The molecule has 0 radical (unpaired) electrons. The fourth-order valence-corrected chi connectivity index (χ4v) is 3.01. The number of thiophene rings is 1. The van der Waals surface area contributed by atoms with Crippen LogP contribution in [-0.2, 0) is 0 Å². The minimum atomic E-state index is -0.445. The lowest BCUT2D eigenvalue weighted by Crippen LogP contribution is -2.08. The van der Waals surface area contributed by atoms with Crippen molar-refractivity contribution in [1.29, 1.82) is 0 Å². The van der Waals surface area contributed by atoms with E-state index < -0.39 is 5.97 Å². The summed E-state index contributed by atoms with van der Waals surface area (Å²) < 4.78 is 11.4. The summed E-state index contributed by atoms with van der Waals surface area (Å²) in [6.07, 6.45) is 0. The van der Waals surface area contributed by atoms with Gasteiger partial charge in [-0.25, -0.2) is 4.79 Å². The minimum Gasteiger partial charge on any atom is -0.497 e. The fourth-order valence-electron chi connectivity index (χ4n) is 2.01. The number of hydrogen-bond donors (Lipinski definition) is 1. The highest BCUT2D eigenvalue weighted by Crippen LogP contribution is 2.34. The summed E-state index contributed by atoms with van der Waals surface area (Å²) in [5.41, 5.74) is 6.50. The Hall–Kier alpha value is -2.53. The molecule has 0 fully saturated rings. The predicted molar refractivity (Wildman–Crippen MR) is 84.2 cm³/mol. The van der Waals surface area contributed by atoms with Gasteiger partial charge in [-0.05, 0) is 30.3 Å². The quantitative estimate of drug-likeness (QED) is 0.591. The normalized spacial score (nSPS) is 10.5. The van der Waals surface area contributed by atoms with Gasteiger partial charge in [0.25, 0.3) is 0 Å². The van der Waals surface area contributed by atoms with Crippen molar-refractivity contribution in [3.8, 4) is 11.5 Å². The molecule has 0 saturated heterocycles. The van der Waals surface area contributed by atoms with Crippen LogP contribution in [0.2, 0.25) is 0 Å². The molecule has 0 atom stereocenters. The van der Waals surface area contributed by atoms with Gasteiger partial charge in [-0.15, -0.1) is 11.3 Å². The van der Waals surface area contributed by atoms with Gasteiger partial charge >= 0.3 is 5.97 Å². The molecule has 3 rings (SSSR count). The van der Waals surface area contributed by atoms with Gasteiger partial charge in [0.1, 0.15) is 16.4 Å². The number of carbonyl (C=O) groups excluding carboxylic acids is 1. The van der Waals surface area contributed by atoms with Crippen LogP contribution in [0.5, 0.6) is 11.5 Å². The third kappa shape index (κ3) is 2.55. The monoisotopic (exact) mass is 299 g/mol. The lowest BCUT2D eigenvalue weighted by molar-refractivity contribution is 0.0741. The number of esters is 1.